The van der Waals surface area contributed by atoms with Gasteiger partial charge < -0.3 is 10.1 Å². The van der Waals surface area contributed by atoms with E-state index in [1.807, 2.05) is 13.8 Å². The fourth-order valence-corrected chi connectivity index (χ4v) is 2.12. The van der Waals surface area contributed by atoms with Crippen LogP contribution in [0.3, 0.4) is 0 Å². The topological polar surface area (TPSA) is 72.3 Å². The van der Waals surface area contributed by atoms with Crippen LogP contribution in [0.25, 0.3) is 0 Å². The lowest BCUT2D eigenvalue weighted by atomic mass is 10.2. The Hall–Kier alpha value is -1.47. The van der Waals surface area contributed by atoms with Gasteiger partial charge in [-0.05, 0) is 13.8 Å². The van der Waals surface area contributed by atoms with Crippen molar-refractivity contribution in [1.29, 1.82) is 0 Å². The molecular weight excluding hydrogens is 246 g/mol. The molecule has 1 amide bonds. The Morgan fingerprint density at radius 2 is 2.16 bits per heavy atom. The summed E-state index contributed by atoms with van der Waals surface area (Å²) < 4.78 is 6.85. The summed E-state index contributed by atoms with van der Waals surface area (Å²) in [6.07, 6.45) is 2.98. The molecular formula is C12H21N5O2. The van der Waals surface area contributed by atoms with Gasteiger partial charge in [0.2, 0.25) is 5.91 Å². The van der Waals surface area contributed by atoms with Gasteiger partial charge in [0.05, 0.1) is 13.2 Å². The van der Waals surface area contributed by atoms with Crippen molar-refractivity contribution in [3.8, 4) is 0 Å². The van der Waals surface area contributed by atoms with Gasteiger partial charge in [0.1, 0.15) is 18.7 Å². The van der Waals surface area contributed by atoms with Crippen molar-refractivity contribution < 1.29 is 9.53 Å². The van der Waals surface area contributed by atoms with Gasteiger partial charge in [-0.1, -0.05) is 0 Å². The lowest BCUT2D eigenvalue weighted by Gasteiger charge is -2.29. The molecule has 0 saturated carbocycles. The minimum absolute atomic E-state index is 0.0359. The number of nitrogens with one attached hydrogen (secondary N) is 1. The number of morpholine rings is 1. The Balaban J connectivity index is 1.77. The van der Waals surface area contributed by atoms with Crippen LogP contribution in [0, 0.1) is 0 Å². The van der Waals surface area contributed by atoms with Crippen molar-refractivity contribution in [2.24, 2.45) is 0 Å². The highest BCUT2D eigenvalue weighted by molar-refractivity contribution is 5.79. The minimum atomic E-state index is -0.338. The lowest BCUT2D eigenvalue weighted by molar-refractivity contribution is -0.124. The van der Waals surface area contributed by atoms with Gasteiger partial charge in [-0.3, -0.25) is 9.69 Å². The third-order valence-corrected chi connectivity index (χ3v) is 3.24. The molecule has 0 spiro atoms. The minimum Gasteiger partial charge on any atom is -0.379 e. The maximum atomic E-state index is 12.1. The predicted molar refractivity (Wildman–Crippen MR) is 69.6 cm³/mol. The van der Waals surface area contributed by atoms with Crippen LogP contribution in [0.2, 0.25) is 0 Å². The van der Waals surface area contributed by atoms with E-state index in [0.717, 1.165) is 32.8 Å². The Morgan fingerprint density at radius 3 is 2.79 bits per heavy atom. The van der Waals surface area contributed by atoms with Gasteiger partial charge in [0, 0.05) is 25.7 Å². The number of hydrogen-bond donors (Lipinski definition) is 1. The summed E-state index contributed by atoms with van der Waals surface area (Å²) in [5.41, 5.74) is 0. The van der Waals surface area contributed by atoms with E-state index in [-0.39, 0.29) is 18.0 Å². The zero-order valence-corrected chi connectivity index (χ0v) is 11.5. The number of aromatic nitrogens is 3. The third-order valence-electron chi connectivity index (χ3n) is 3.24. The van der Waals surface area contributed by atoms with Crippen LogP contribution in [0.5, 0.6) is 0 Å². The molecule has 0 bridgehead atoms. The highest BCUT2D eigenvalue weighted by atomic mass is 16.5. The molecule has 0 aliphatic carbocycles. The quantitative estimate of drug-likeness (QED) is 0.791. The third kappa shape index (κ3) is 4.00. The first-order valence-corrected chi connectivity index (χ1v) is 6.61. The largest absolute Gasteiger partial charge is 0.379 e. The van der Waals surface area contributed by atoms with Gasteiger partial charge >= 0.3 is 0 Å². The average molecular weight is 267 g/mol. The summed E-state index contributed by atoms with van der Waals surface area (Å²) in [6, 6.07) is -0.230. The van der Waals surface area contributed by atoms with Gasteiger partial charge in [-0.2, -0.15) is 5.10 Å². The standard InChI is InChI=1S/C12H21N5O2/c1-10(7-16-3-5-19-6-4-16)15-12(18)11(2)17-9-13-8-14-17/h8-11H,3-7H2,1-2H3,(H,15,18). The zero-order chi connectivity index (χ0) is 13.7. The Morgan fingerprint density at radius 1 is 1.42 bits per heavy atom. The highest BCUT2D eigenvalue weighted by Crippen LogP contribution is 2.04. The summed E-state index contributed by atoms with van der Waals surface area (Å²) in [6.45, 7) is 8.08. The molecule has 2 rings (SSSR count). The number of carbonyl (C=O) groups is 1. The molecule has 1 aromatic heterocycles. The second-order valence-corrected chi connectivity index (χ2v) is 4.87. The first-order valence-electron chi connectivity index (χ1n) is 6.61. The van der Waals surface area contributed by atoms with Crippen molar-refractivity contribution in [3.05, 3.63) is 12.7 Å². The van der Waals surface area contributed by atoms with Crippen LogP contribution in [-0.2, 0) is 9.53 Å². The molecule has 1 N–H and O–H groups in total. The van der Waals surface area contributed by atoms with Crippen LogP contribution in [0.1, 0.15) is 19.9 Å². The van der Waals surface area contributed by atoms with E-state index < -0.39 is 0 Å². The zero-order valence-electron chi connectivity index (χ0n) is 11.5. The van der Waals surface area contributed by atoms with Crippen LogP contribution < -0.4 is 5.32 Å². The monoisotopic (exact) mass is 267 g/mol. The van der Waals surface area contributed by atoms with Crippen molar-refractivity contribution >= 4 is 5.91 Å². The average Bonchev–Trinajstić information content (AvgIpc) is 2.92. The molecule has 1 fully saturated rings. The van der Waals surface area contributed by atoms with Crippen LogP contribution in [0.4, 0.5) is 0 Å². The Kier molecular flexibility index (Phi) is 4.86. The fraction of sp³-hybridized carbons (Fsp3) is 0.750. The van der Waals surface area contributed by atoms with Crippen molar-refractivity contribution in [2.45, 2.75) is 25.9 Å². The van der Waals surface area contributed by atoms with Crippen molar-refractivity contribution in [2.75, 3.05) is 32.8 Å². The van der Waals surface area contributed by atoms with Crippen molar-refractivity contribution in [1.82, 2.24) is 25.0 Å². The number of carbonyl (C=O) groups excluding carboxylic acids is 1. The molecule has 106 valence electrons. The van der Waals surface area contributed by atoms with Crippen LogP contribution in [0.15, 0.2) is 12.7 Å². The van der Waals surface area contributed by atoms with Gasteiger partial charge in [-0.15, -0.1) is 0 Å². The second-order valence-electron chi connectivity index (χ2n) is 4.87. The summed E-state index contributed by atoms with van der Waals surface area (Å²) in [4.78, 5) is 18.2. The number of hydrogen-bond acceptors (Lipinski definition) is 5. The van der Waals surface area contributed by atoms with E-state index in [9.17, 15) is 4.79 Å². The molecule has 7 nitrogen and oxygen atoms in total. The number of amides is 1. The van der Waals surface area contributed by atoms with E-state index in [1.54, 1.807) is 11.0 Å². The molecule has 2 unspecified atom stereocenters. The molecule has 1 aliphatic heterocycles. The molecule has 19 heavy (non-hydrogen) atoms. The number of ether oxygens (including phenoxy) is 1. The summed E-state index contributed by atoms with van der Waals surface area (Å²) in [5, 5.41) is 6.98. The maximum absolute atomic E-state index is 12.1. The molecule has 2 atom stereocenters. The van der Waals surface area contributed by atoms with E-state index in [4.69, 9.17) is 4.74 Å². The van der Waals surface area contributed by atoms with Gasteiger partial charge in [0.15, 0.2) is 0 Å². The van der Waals surface area contributed by atoms with E-state index >= 15 is 0 Å². The molecule has 2 heterocycles. The number of nitrogens with zero attached hydrogens (tertiary/aromatic N) is 4. The fourth-order valence-electron chi connectivity index (χ4n) is 2.12. The molecule has 0 aromatic carbocycles. The molecule has 1 saturated heterocycles. The molecule has 7 heteroatoms. The van der Waals surface area contributed by atoms with Gasteiger partial charge in [0.25, 0.3) is 0 Å². The van der Waals surface area contributed by atoms with E-state index in [0.29, 0.717) is 0 Å². The van der Waals surface area contributed by atoms with Gasteiger partial charge in [-0.25, -0.2) is 9.67 Å². The predicted octanol–water partition coefficient (Wildman–Crippen LogP) is -0.324. The lowest BCUT2D eigenvalue weighted by Crippen LogP contribution is -2.47. The van der Waals surface area contributed by atoms with Crippen molar-refractivity contribution in [3.63, 3.8) is 0 Å². The SMILES string of the molecule is CC(CN1CCOCC1)NC(=O)C(C)n1cncn1. The Labute approximate surface area is 112 Å². The molecule has 1 aromatic rings. The molecule has 0 radical (unpaired) electrons. The molecule has 1 aliphatic rings. The Bertz CT molecular complexity index is 389. The van der Waals surface area contributed by atoms with Crippen LogP contribution >= 0.6 is 0 Å². The van der Waals surface area contributed by atoms with E-state index in [2.05, 4.69) is 20.3 Å². The first-order chi connectivity index (χ1) is 9.16. The summed E-state index contributed by atoms with van der Waals surface area (Å²) >= 11 is 0. The van der Waals surface area contributed by atoms with Crippen LogP contribution in [-0.4, -0.2) is 64.5 Å². The second kappa shape index (κ2) is 6.63. The first kappa shape index (κ1) is 14.0. The van der Waals surface area contributed by atoms with E-state index in [1.165, 1.54) is 6.33 Å². The summed E-state index contributed by atoms with van der Waals surface area (Å²) in [5.74, 6) is -0.0359. The number of rotatable bonds is 5. The smallest absolute Gasteiger partial charge is 0.244 e. The maximum Gasteiger partial charge on any atom is 0.244 e. The normalized spacial score (nSPS) is 19.9. The summed E-state index contributed by atoms with van der Waals surface area (Å²) in [7, 11) is 0. The highest BCUT2D eigenvalue weighted by Gasteiger charge is 2.19.